The molecular formula is C22H24ClN3O3. The topological polar surface area (TPSA) is 76.6 Å². The molecule has 2 aromatic carbocycles. The molecule has 0 radical (unpaired) electrons. The van der Waals surface area contributed by atoms with Gasteiger partial charge in [0, 0.05) is 29.4 Å². The Morgan fingerprint density at radius 3 is 2.59 bits per heavy atom. The predicted molar refractivity (Wildman–Crippen MR) is 115 cm³/mol. The van der Waals surface area contributed by atoms with Crippen LogP contribution in [0.1, 0.15) is 51.5 Å². The molecule has 3 aromatic rings. The standard InChI is InChI=1S/C22H23N3O3.ClH/c1-24(2)8-9-25-21(27)16-11-14(12-4-3-5-12)20-18(19(16)22(25)28)15-10-13(26)6-7-17(15)23-20;/h6-7,10-12,23,26H,3-5,8-9H2,1-2H3;1H. The van der Waals surface area contributed by atoms with E-state index < -0.39 is 0 Å². The van der Waals surface area contributed by atoms with Crippen molar-refractivity contribution in [3.8, 4) is 5.75 Å². The van der Waals surface area contributed by atoms with Crippen molar-refractivity contribution in [1.29, 1.82) is 0 Å². The third-order valence-corrected chi connectivity index (χ3v) is 6.14. The zero-order valence-corrected chi connectivity index (χ0v) is 17.3. The van der Waals surface area contributed by atoms with Gasteiger partial charge in [-0.2, -0.15) is 0 Å². The molecule has 2 N–H and O–H groups in total. The zero-order valence-electron chi connectivity index (χ0n) is 16.5. The number of nitrogens with one attached hydrogen (secondary N) is 1. The van der Waals surface area contributed by atoms with Crippen LogP contribution in [0.2, 0.25) is 0 Å². The number of fused-ring (bicyclic) bond motifs is 5. The first-order chi connectivity index (χ1) is 13.5. The first-order valence-corrected chi connectivity index (χ1v) is 9.78. The Morgan fingerprint density at radius 2 is 1.93 bits per heavy atom. The molecule has 152 valence electrons. The number of H-pyrrole nitrogens is 1. The van der Waals surface area contributed by atoms with Crippen molar-refractivity contribution in [2.24, 2.45) is 0 Å². The van der Waals surface area contributed by atoms with Gasteiger partial charge in [0.15, 0.2) is 0 Å². The van der Waals surface area contributed by atoms with Gasteiger partial charge in [-0.05, 0) is 62.7 Å². The molecule has 1 saturated carbocycles. The number of carbonyl (C=O) groups excluding carboxylic acids is 2. The first kappa shape index (κ1) is 19.7. The average molecular weight is 414 g/mol. The van der Waals surface area contributed by atoms with Crippen molar-refractivity contribution in [3.05, 3.63) is 41.0 Å². The number of phenolic OH excluding ortho intramolecular Hbond substituents is 1. The molecule has 0 atom stereocenters. The number of likely N-dealkylation sites (N-methyl/N-ethyl adjacent to an activating group) is 1. The fraction of sp³-hybridized carbons (Fsp3) is 0.364. The van der Waals surface area contributed by atoms with Crippen LogP contribution in [0.3, 0.4) is 0 Å². The fourth-order valence-corrected chi connectivity index (χ4v) is 4.40. The van der Waals surface area contributed by atoms with Crippen molar-refractivity contribution >= 4 is 46.0 Å². The molecule has 5 rings (SSSR count). The summed E-state index contributed by atoms with van der Waals surface area (Å²) in [6.07, 6.45) is 3.38. The Bertz CT molecular complexity index is 1150. The Kier molecular flexibility index (Phi) is 4.79. The summed E-state index contributed by atoms with van der Waals surface area (Å²) >= 11 is 0. The van der Waals surface area contributed by atoms with E-state index in [2.05, 4.69) is 4.98 Å². The predicted octanol–water partition coefficient (Wildman–Crippen LogP) is 3.87. The van der Waals surface area contributed by atoms with E-state index in [1.54, 1.807) is 12.1 Å². The molecule has 1 fully saturated rings. The van der Waals surface area contributed by atoms with E-state index in [0.29, 0.717) is 30.1 Å². The quantitative estimate of drug-likeness (QED) is 0.636. The van der Waals surface area contributed by atoms with Gasteiger partial charge in [0.05, 0.1) is 16.6 Å². The monoisotopic (exact) mass is 413 g/mol. The molecule has 6 nitrogen and oxygen atoms in total. The maximum atomic E-state index is 13.2. The molecule has 7 heteroatoms. The van der Waals surface area contributed by atoms with Gasteiger partial charge in [-0.3, -0.25) is 14.5 Å². The number of phenols is 1. The minimum Gasteiger partial charge on any atom is -0.508 e. The van der Waals surface area contributed by atoms with Gasteiger partial charge in [0.25, 0.3) is 11.8 Å². The van der Waals surface area contributed by atoms with Crippen molar-refractivity contribution in [2.75, 3.05) is 27.2 Å². The Labute approximate surface area is 174 Å². The number of aromatic amines is 1. The Hall–Kier alpha value is -2.57. The number of aromatic hydroxyl groups is 1. The van der Waals surface area contributed by atoms with E-state index in [4.69, 9.17) is 0 Å². The summed E-state index contributed by atoms with van der Waals surface area (Å²) < 4.78 is 0. The molecule has 1 aliphatic carbocycles. The van der Waals surface area contributed by atoms with Crippen LogP contribution in [0.25, 0.3) is 21.8 Å². The van der Waals surface area contributed by atoms with E-state index in [1.165, 1.54) is 11.3 Å². The van der Waals surface area contributed by atoms with E-state index in [-0.39, 0.29) is 30.0 Å². The molecular weight excluding hydrogens is 390 g/mol. The smallest absolute Gasteiger partial charge is 0.262 e. The summed E-state index contributed by atoms with van der Waals surface area (Å²) in [5.74, 6) is 0.112. The molecule has 0 spiro atoms. The van der Waals surface area contributed by atoms with E-state index in [0.717, 1.165) is 40.2 Å². The largest absolute Gasteiger partial charge is 0.508 e. The van der Waals surface area contributed by atoms with Crippen LogP contribution >= 0.6 is 12.4 Å². The lowest BCUT2D eigenvalue weighted by Gasteiger charge is -2.26. The molecule has 29 heavy (non-hydrogen) atoms. The van der Waals surface area contributed by atoms with Gasteiger partial charge in [0.2, 0.25) is 0 Å². The summed E-state index contributed by atoms with van der Waals surface area (Å²) in [4.78, 5) is 33.1. The summed E-state index contributed by atoms with van der Waals surface area (Å²) in [5, 5.41) is 11.6. The summed E-state index contributed by atoms with van der Waals surface area (Å²) in [6, 6.07) is 7.08. The van der Waals surface area contributed by atoms with Crippen LogP contribution in [0.15, 0.2) is 24.3 Å². The van der Waals surface area contributed by atoms with Crippen LogP contribution in [-0.2, 0) is 0 Å². The number of hydrogen-bond acceptors (Lipinski definition) is 4. The van der Waals surface area contributed by atoms with Crippen LogP contribution < -0.4 is 0 Å². The van der Waals surface area contributed by atoms with Crippen molar-refractivity contribution in [2.45, 2.75) is 25.2 Å². The van der Waals surface area contributed by atoms with Crippen LogP contribution in [0.4, 0.5) is 0 Å². The molecule has 1 aliphatic heterocycles. The van der Waals surface area contributed by atoms with E-state index in [1.807, 2.05) is 31.1 Å². The highest BCUT2D eigenvalue weighted by atomic mass is 35.5. The minimum absolute atomic E-state index is 0. The zero-order chi connectivity index (χ0) is 19.6. The average Bonchev–Trinajstić information content (AvgIpc) is 3.08. The maximum Gasteiger partial charge on any atom is 0.262 e. The number of nitrogens with zero attached hydrogens (tertiary/aromatic N) is 2. The van der Waals surface area contributed by atoms with Crippen molar-refractivity contribution in [1.82, 2.24) is 14.8 Å². The molecule has 0 saturated heterocycles. The van der Waals surface area contributed by atoms with Gasteiger partial charge in [-0.15, -0.1) is 12.4 Å². The molecule has 0 unspecified atom stereocenters. The van der Waals surface area contributed by atoms with E-state index >= 15 is 0 Å². The second kappa shape index (κ2) is 7.04. The number of hydrogen-bond donors (Lipinski definition) is 2. The molecule has 1 aromatic heterocycles. The Balaban J connectivity index is 0.00000205. The second-order valence-corrected chi connectivity index (χ2v) is 8.19. The summed E-state index contributed by atoms with van der Waals surface area (Å²) in [6.45, 7) is 0.992. The third-order valence-electron chi connectivity index (χ3n) is 6.14. The number of benzene rings is 2. The lowest BCUT2D eigenvalue weighted by atomic mass is 9.78. The fourth-order valence-electron chi connectivity index (χ4n) is 4.40. The first-order valence-electron chi connectivity index (χ1n) is 9.78. The van der Waals surface area contributed by atoms with Crippen LogP contribution in [0.5, 0.6) is 5.75 Å². The summed E-state index contributed by atoms with van der Waals surface area (Å²) in [5.41, 5.74) is 3.89. The number of amides is 2. The lowest BCUT2D eigenvalue weighted by Crippen LogP contribution is -2.35. The highest BCUT2D eigenvalue weighted by Crippen LogP contribution is 2.45. The minimum atomic E-state index is -0.240. The van der Waals surface area contributed by atoms with Gasteiger partial charge in [-0.25, -0.2) is 0 Å². The van der Waals surface area contributed by atoms with Crippen molar-refractivity contribution in [3.63, 3.8) is 0 Å². The molecule has 2 heterocycles. The SMILES string of the molecule is CN(C)CCN1C(=O)c2cc(C3CCC3)c3[nH]c4ccc(O)cc4c3c2C1=O.Cl. The number of rotatable bonds is 4. The molecule has 2 amide bonds. The molecule has 2 aliphatic rings. The van der Waals surface area contributed by atoms with Gasteiger partial charge >= 0.3 is 0 Å². The normalized spacial score (nSPS) is 16.6. The van der Waals surface area contributed by atoms with Gasteiger partial charge in [0.1, 0.15) is 5.75 Å². The van der Waals surface area contributed by atoms with E-state index in [9.17, 15) is 14.7 Å². The number of halogens is 1. The highest BCUT2D eigenvalue weighted by Gasteiger charge is 2.39. The summed E-state index contributed by atoms with van der Waals surface area (Å²) in [7, 11) is 3.85. The Morgan fingerprint density at radius 1 is 1.17 bits per heavy atom. The maximum absolute atomic E-state index is 13.2. The van der Waals surface area contributed by atoms with Crippen LogP contribution in [0, 0.1) is 0 Å². The van der Waals surface area contributed by atoms with Crippen LogP contribution in [-0.4, -0.2) is 58.9 Å². The number of imide groups is 1. The lowest BCUT2D eigenvalue weighted by molar-refractivity contribution is 0.0645. The van der Waals surface area contributed by atoms with Gasteiger partial charge < -0.3 is 15.0 Å². The second-order valence-electron chi connectivity index (χ2n) is 8.19. The number of carbonyl (C=O) groups is 2. The third kappa shape index (κ3) is 2.90. The highest BCUT2D eigenvalue weighted by molar-refractivity contribution is 6.30. The molecule has 0 bridgehead atoms. The van der Waals surface area contributed by atoms with Crippen molar-refractivity contribution < 1.29 is 14.7 Å². The number of aromatic nitrogens is 1. The van der Waals surface area contributed by atoms with Gasteiger partial charge in [-0.1, -0.05) is 6.42 Å².